The predicted molar refractivity (Wildman–Crippen MR) is 123 cm³/mol. The second kappa shape index (κ2) is 8.07. The first-order valence-corrected chi connectivity index (χ1v) is 11.5. The average Bonchev–Trinajstić information content (AvgIpc) is 3.20. The molecule has 0 unspecified atom stereocenters. The lowest BCUT2D eigenvalue weighted by Crippen LogP contribution is -2.45. The van der Waals surface area contributed by atoms with Crippen LogP contribution in [-0.4, -0.2) is 37.1 Å². The molecule has 1 aromatic carbocycles. The highest BCUT2D eigenvalue weighted by molar-refractivity contribution is 5.95. The molecule has 3 heterocycles. The Labute approximate surface area is 186 Å². The molecule has 3 aromatic rings. The predicted octanol–water partition coefficient (Wildman–Crippen LogP) is 2.57. The van der Waals surface area contributed by atoms with Crippen LogP contribution in [0.15, 0.2) is 39.9 Å². The Kier molecular flexibility index (Phi) is 5.23. The van der Waals surface area contributed by atoms with Crippen molar-refractivity contribution in [2.24, 2.45) is 13.0 Å². The Morgan fingerprint density at radius 2 is 1.78 bits per heavy atom. The van der Waals surface area contributed by atoms with E-state index in [0.717, 1.165) is 29.9 Å². The first-order valence-electron chi connectivity index (χ1n) is 11.5. The van der Waals surface area contributed by atoms with E-state index in [-0.39, 0.29) is 12.3 Å². The molecule has 5 rings (SSSR count). The number of imidazole rings is 1. The molecular weight excluding hydrogens is 406 g/mol. The highest BCUT2D eigenvalue weighted by atomic mass is 16.2. The second-order valence-corrected chi connectivity index (χ2v) is 9.27. The van der Waals surface area contributed by atoms with Crippen LogP contribution in [0.4, 0.5) is 5.95 Å². The van der Waals surface area contributed by atoms with Gasteiger partial charge in [0, 0.05) is 31.7 Å². The third-order valence-electron chi connectivity index (χ3n) is 6.88. The zero-order valence-corrected chi connectivity index (χ0v) is 18.7. The van der Waals surface area contributed by atoms with E-state index in [1.165, 1.54) is 23.8 Å². The van der Waals surface area contributed by atoms with Crippen LogP contribution in [0.5, 0.6) is 0 Å². The molecule has 1 saturated carbocycles. The van der Waals surface area contributed by atoms with Crippen molar-refractivity contribution in [3.05, 3.63) is 56.7 Å². The van der Waals surface area contributed by atoms with Gasteiger partial charge in [0.15, 0.2) is 16.9 Å². The molecule has 0 saturated heterocycles. The number of fused-ring (bicyclic) bond motifs is 3. The number of aryl methyl sites for hydroxylation is 1. The number of nitrogens with zero attached hydrogens (tertiary/aromatic N) is 5. The summed E-state index contributed by atoms with van der Waals surface area (Å²) in [6.45, 7) is 3.48. The van der Waals surface area contributed by atoms with Crippen molar-refractivity contribution >= 4 is 22.9 Å². The summed E-state index contributed by atoms with van der Waals surface area (Å²) in [5.74, 6) is 0.877. The maximum absolute atomic E-state index is 13.5. The number of aromatic nitrogens is 4. The van der Waals surface area contributed by atoms with Crippen LogP contribution in [0.1, 0.15) is 49.4 Å². The number of Topliss-reactive ketones (excluding diaryl/α,β-unsaturated/α-hetero) is 1. The number of carbonyl (C=O) groups excluding carboxylic acids is 1. The molecule has 2 aliphatic rings. The van der Waals surface area contributed by atoms with E-state index in [4.69, 9.17) is 4.98 Å². The molecule has 0 amide bonds. The van der Waals surface area contributed by atoms with Gasteiger partial charge in [-0.3, -0.25) is 18.7 Å². The van der Waals surface area contributed by atoms with E-state index in [0.29, 0.717) is 35.2 Å². The first kappa shape index (κ1) is 20.7. The Hall–Kier alpha value is -3.16. The summed E-state index contributed by atoms with van der Waals surface area (Å²) in [4.78, 5) is 46.5. The van der Waals surface area contributed by atoms with Crippen molar-refractivity contribution in [3.63, 3.8) is 0 Å². The largest absolute Gasteiger partial charge is 0.339 e. The molecule has 2 aromatic heterocycles. The van der Waals surface area contributed by atoms with Crippen LogP contribution in [0.25, 0.3) is 11.2 Å². The minimum absolute atomic E-state index is 0.264. The van der Waals surface area contributed by atoms with E-state index >= 15 is 0 Å². The lowest BCUT2D eigenvalue weighted by Gasteiger charge is -2.40. The summed E-state index contributed by atoms with van der Waals surface area (Å²) >= 11 is 0. The Morgan fingerprint density at radius 3 is 2.50 bits per heavy atom. The van der Waals surface area contributed by atoms with Crippen molar-refractivity contribution in [3.8, 4) is 0 Å². The number of ketones is 1. The van der Waals surface area contributed by atoms with Crippen LogP contribution >= 0.6 is 0 Å². The third-order valence-corrected chi connectivity index (χ3v) is 6.88. The fraction of sp³-hybridized carbons (Fsp3) is 0.500. The summed E-state index contributed by atoms with van der Waals surface area (Å²) in [6.07, 6.45) is 5.95. The highest BCUT2D eigenvalue weighted by Gasteiger charge is 2.33. The van der Waals surface area contributed by atoms with Gasteiger partial charge < -0.3 is 9.47 Å². The summed E-state index contributed by atoms with van der Waals surface area (Å²) in [6, 6.07) is 9.17. The van der Waals surface area contributed by atoms with Gasteiger partial charge in [0.05, 0.1) is 6.54 Å². The topological polar surface area (TPSA) is 82.1 Å². The summed E-state index contributed by atoms with van der Waals surface area (Å²) < 4.78 is 4.43. The molecule has 0 N–H and O–H groups in total. The Bertz CT molecular complexity index is 1280. The standard InChI is InChI=1S/C24H29N5O3/c1-16-13-27(18-11-7-4-8-12-18)23-25-21-20(28(23)14-16)22(31)29(24(32)26(21)2)15-19(30)17-9-5-3-6-10-17/h3,5-6,9-10,16,18H,4,7-8,11-15H2,1-2H3/t16-/m0/s1. The molecule has 1 aliphatic heterocycles. The lowest BCUT2D eigenvalue weighted by atomic mass is 9.93. The smallest absolute Gasteiger partial charge is 0.332 e. The van der Waals surface area contributed by atoms with E-state index in [1.807, 2.05) is 10.6 Å². The third kappa shape index (κ3) is 3.38. The molecule has 168 valence electrons. The first-order chi connectivity index (χ1) is 15.5. The van der Waals surface area contributed by atoms with E-state index in [1.54, 1.807) is 31.3 Å². The molecule has 32 heavy (non-hydrogen) atoms. The van der Waals surface area contributed by atoms with Gasteiger partial charge in [0.1, 0.15) is 0 Å². The fourth-order valence-electron chi connectivity index (χ4n) is 5.24. The van der Waals surface area contributed by atoms with Crippen molar-refractivity contribution in [1.29, 1.82) is 0 Å². The number of carbonyl (C=O) groups is 1. The van der Waals surface area contributed by atoms with Crippen molar-refractivity contribution in [2.75, 3.05) is 11.4 Å². The van der Waals surface area contributed by atoms with Gasteiger partial charge in [-0.05, 0) is 18.8 Å². The average molecular weight is 436 g/mol. The van der Waals surface area contributed by atoms with Crippen molar-refractivity contribution in [1.82, 2.24) is 18.7 Å². The fourth-order valence-corrected chi connectivity index (χ4v) is 5.24. The van der Waals surface area contributed by atoms with Crippen LogP contribution in [0, 0.1) is 5.92 Å². The molecule has 1 aliphatic carbocycles. The number of benzene rings is 1. The Balaban J connectivity index is 1.63. The molecular formula is C24H29N5O3. The van der Waals surface area contributed by atoms with Crippen molar-refractivity contribution in [2.45, 2.75) is 58.2 Å². The zero-order valence-electron chi connectivity index (χ0n) is 18.7. The second-order valence-electron chi connectivity index (χ2n) is 9.27. The molecule has 1 atom stereocenters. The van der Waals surface area contributed by atoms with Crippen LogP contribution in [0.2, 0.25) is 0 Å². The maximum Gasteiger partial charge on any atom is 0.332 e. The molecule has 8 heteroatoms. The van der Waals surface area contributed by atoms with Crippen LogP contribution < -0.4 is 16.1 Å². The molecule has 1 fully saturated rings. The minimum Gasteiger partial charge on any atom is -0.339 e. The van der Waals surface area contributed by atoms with Gasteiger partial charge in [0.25, 0.3) is 5.56 Å². The number of rotatable bonds is 4. The van der Waals surface area contributed by atoms with E-state index < -0.39 is 11.2 Å². The van der Waals surface area contributed by atoms with Crippen LogP contribution in [0.3, 0.4) is 0 Å². The van der Waals surface area contributed by atoms with Gasteiger partial charge >= 0.3 is 5.69 Å². The molecule has 0 bridgehead atoms. The van der Waals surface area contributed by atoms with Gasteiger partial charge in [-0.1, -0.05) is 56.5 Å². The van der Waals surface area contributed by atoms with Gasteiger partial charge in [-0.25, -0.2) is 4.79 Å². The maximum atomic E-state index is 13.5. The monoisotopic (exact) mass is 435 g/mol. The molecule has 8 nitrogen and oxygen atoms in total. The van der Waals surface area contributed by atoms with Crippen LogP contribution in [-0.2, 0) is 20.1 Å². The summed E-state index contributed by atoms with van der Waals surface area (Å²) in [5, 5.41) is 0. The quantitative estimate of drug-likeness (QED) is 0.589. The normalized spacial score (nSPS) is 19.3. The van der Waals surface area contributed by atoms with Gasteiger partial charge in [-0.2, -0.15) is 4.98 Å². The van der Waals surface area contributed by atoms with E-state index in [2.05, 4.69) is 11.8 Å². The number of hydrogen-bond acceptors (Lipinski definition) is 5. The van der Waals surface area contributed by atoms with Gasteiger partial charge in [-0.15, -0.1) is 0 Å². The highest BCUT2D eigenvalue weighted by Crippen LogP contribution is 2.32. The van der Waals surface area contributed by atoms with E-state index in [9.17, 15) is 14.4 Å². The number of anilines is 1. The molecule has 0 radical (unpaired) electrons. The Morgan fingerprint density at radius 1 is 1.06 bits per heavy atom. The number of hydrogen-bond donors (Lipinski definition) is 0. The molecule has 0 spiro atoms. The van der Waals surface area contributed by atoms with Gasteiger partial charge in [0.2, 0.25) is 5.95 Å². The summed E-state index contributed by atoms with van der Waals surface area (Å²) in [5.41, 5.74) is 0.334. The van der Waals surface area contributed by atoms with Crippen molar-refractivity contribution < 1.29 is 4.79 Å². The minimum atomic E-state index is -0.514. The SMILES string of the molecule is C[C@H]1CN(C2CCCCC2)c2nc3c(c(=O)n(CC(=O)c4ccccc4)c(=O)n3C)n2C1. The zero-order chi connectivity index (χ0) is 22.4. The lowest BCUT2D eigenvalue weighted by molar-refractivity contribution is 0.0969. The summed E-state index contributed by atoms with van der Waals surface area (Å²) in [7, 11) is 1.63.